The SMILES string of the molecule is Clc1cccc2cc3c(cc12)C1(CCC3)CC2C=CC1C2. The molecule has 0 saturated heterocycles. The zero-order chi connectivity index (χ0) is 14.0. The van der Waals surface area contributed by atoms with Crippen molar-refractivity contribution in [2.24, 2.45) is 11.8 Å². The molecule has 1 heteroatoms. The minimum Gasteiger partial charge on any atom is -0.0851 e. The van der Waals surface area contributed by atoms with Gasteiger partial charge in [0, 0.05) is 15.8 Å². The standard InChI is InChI=1S/C20H19Cl/c21-19-5-1-3-14-10-15-4-2-8-20(18(15)11-17(14)19)12-13-6-7-16(20)9-13/h1,3,5-7,10-11,13,16H,2,4,8-9,12H2. The van der Waals surface area contributed by atoms with Gasteiger partial charge in [-0.2, -0.15) is 0 Å². The van der Waals surface area contributed by atoms with Gasteiger partial charge in [-0.25, -0.2) is 0 Å². The molecule has 5 rings (SSSR count). The Kier molecular flexibility index (Phi) is 2.42. The molecule has 2 aromatic rings. The maximum atomic E-state index is 6.46. The average molecular weight is 295 g/mol. The van der Waals surface area contributed by atoms with Crippen LogP contribution in [-0.2, 0) is 11.8 Å². The minimum atomic E-state index is 0.417. The first kappa shape index (κ1) is 12.3. The van der Waals surface area contributed by atoms with E-state index < -0.39 is 0 Å². The first-order valence-electron chi connectivity index (χ1n) is 8.16. The molecular weight excluding hydrogens is 276 g/mol. The summed E-state index contributed by atoms with van der Waals surface area (Å²) in [5.41, 5.74) is 3.61. The van der Waals surface area contributed by atoms with E-state index in [-0.39, 0.29) is 0 Å². The average Bonchev–Trinajstić information content (AvgIpc) is 3.08. The zero-order valence-electron chi connectivity index (χ0n) is 12.1. The molecule has 0 nitrogen and oxygen atoms in total. The van der Waals surface area contributed by atoms with Crippen LogP contribution in [0.15, 0.2) is 42.5 Å². The van der Waals surface area contributed by atoms with Gasteiger partial charge in [-0.3, -0.25) is 0 Å². The quantitative estimate of drug-likeness (QED) is 0.550. The summed E-state index contributed by atoms with van der Waals surface area (Å²) in [6.07, 6.45) is 11.6. The van der Waals surface area contributed by atoms with Crippen LogP contribution in [0.4, 0.5) is 0 Å². The summed E-state index contributed by atoms with van der Waals surface area (Å²) in [6.45, 7) is 0. The Bertz CT molecular complexity index is 773. The third-order valence-electron chi connectivity index (χ3n) is 6.16. The summed E-state index contributed by atoms with van der Waals surface area (Å²) in [5, 5.41) is 3.44. The van der Waals surface area contributed by atoms with Crippen LogP contribution in [0.1, 0.15) is 36.8 Å². The van der Waals surface area contributed by atoms with Gasteiger partial charge in [0.25, 0.3) is 0 Å². The second-order valence-electron chi connectivity index (χ2n) is 7.17. The van der Waals surface area contributed by atoms with Crippen molar-refractivity contribution >= 4 is 22.4 Å². The van der Waals surface area contributed by atoms with E-state index in [1.807, 2.05) is 6.07 Å². The maximum absolute atomic E-state index is 6.46. The highest BCUT2D eigenvalue weighted by Crippen LogP contribution is 2.58. The number of hydrogen-bond acceptors (Lipinski definition) is 0. The lowest BCUT2D eigenvalue weighted by atomic mass is 9.63. The topological polar surface area (TPSA) is 0 Å². The van der Waals surface area contributed by atoms with E-state index in [9.17, 15) is 0 Å². The normalized spacial score (nSPS) is 33.0. The molecule has 0 N–H and O–H groups in total. The van der Waals surface area contributed by atoms with Crippen LogP contribution in [0.25, 0.3) is 10.8 Å². The molecule has 3 unspecified atom stereocenters. The summed E-state index contributed by atoms with van der Waals surface area (Å²) in [5.74, 6) is 1.59. The van der Waals surface area contributed by atoms with E-state index in [0.29, 0.717) is 5.41 Å². The molecular formula is C20H19Cl. The molecule has 0 aromatic heterocycles. The monoisotopic (exact) mass is 294 g/mol. The summed E-state index contributed by atoms with van der Waals surface area (Å²) in [6, 6.07) is 11.1. The van der Waals surface area contributed by atoms with Crippen LogP contribution in [0.5, 0.6) is 0 Å². The Morgan fingerprint density at radius 2 is 2.10 bits per heavy atom. The number of halogens is 1. The molecule has 1 fully saturated rings. The summed E-state index contributed by atoms with van der Waals surface area (Å²) in [4.78, 5) is 0. The van der Waals surface area contributed by atoms with Crippen LogP contribution in [0.2, 0.25) is 5.02 Å². The fourth-order valence-electron chi connectivity index (χ4n) is 5.29. The molecule has 0 heterocycles. The highest BCUT2D eigenvalue weighted by Gasteiger charge is 2.50. The lowest BCUT2D eigenvalue weighted by molar-refractivity contribution is 0.304. The van der Waals surface area contributed by atoms with Crippen molar-refractivity contribution in [3.8, 4) is 0 Å². The number of fused-ring (bicyclic) bond motifs is 6. The lowest BCUT2D eigenvalue weighted by Crippen LogP contribution is -2.35. The fourth-order valence-corrected chi connectivity index (χ4v) is 5.52. The zero-order valence-corrected chi connectivity index (χ0v) is 12.9. The summed E-state index contributed by atoms with van der Waals surface area (Å²) >= 11 is 6.46. The van der Waals surface area contributed by atoms with E-state index in [4.69, 9.17) is 11.6 Å². The fraction of sp³-hybridized carbons (Fsp3) is 0.400. The van der Waals surface area contributed by atoms with E-state index >= 15 is 0 Å². The Morgan fingerprint density at radius 3 is 2.90 bits per heavy atom. The van der Waals surface area contributed by atoms with Gasteiger partial charge in [0.15, 0.2) is 0 Å². The second-order valence-corrected chi connectivity index (χ2v) is 7.58. The summed E-state index contributed by atoms with van der Waals surface area (Å²) < 4.78 is 0. The van der Waals surface area contributed by atoms with Crippen LogP contribution < -0.4 is 0 Å². The smallest absolute Gasteiger partial charge is 0.0484 e. The van der Waals surface area contributed by atoms with Gasteiger partial charge >= 0.3 is 0 Å². The van der Waals surface area contributed by atoms with Crippen molar-refractivity contribution in [1.29, 1.82) is 0 Å². The molecule has 0 amide bonds. The highest BCUT2D eigenvalue weighted by atomic mass is 35.5. The molecule has 1 spiro atoms. The van der Waals surface area contributed by atoms with Crippen LogP contribution >= 0.6 is 11.6 Å². The lowest BCUT2D eigenvalue weighted by Gasteiger charge is -2.41. The molecule has 2 aromatic carbocycles. The highest BCUT2D eigenvalue weighted by molar-refractivity contribution is 6.35. The molecule has 0 radical (unpaired) electrons. The van der Waals surface area contributed by atoms with Crippen molar-refractivity contribution in [3.63, 3.8) is 0 Å². The molecule has 3 atom stereocenters. The molecule has 3 aliphatic carbocycles. The van der Waals surface area contributed by atoms with Crippen LogP contribution in [0.3, 0.4) is 0 Å². The minimum absolute atomic E-state index is 0.417. The summed E-state index contributed by atoms with van der Waals surface area (Å²) in [7, 11) is 0. The predicted octanol–water partition coefficient (Wildman–Crippen LogP) is 5.66. The van der Waals surface area contributed by atoms with Crippen molar-refractivity contribution in [1.82, 2.24) is 0 Å². The molecule has 0 aliphatic heterocycles. The van der Waals surface area contributed by atoms with Gasteiger partial charge in [0.05, 0.1) is 0 Å². The third-order valence-corrected chi connectivity index (χ3v) is 6.49. The van der Waals surface area contributed by atoms with Gasteiger partial charge in [-0.05, 0) is 72.6 Å². The molecule has 3 aliphatic rings. The van der Waals surface area contributed by atoms with Gasteiger partial charge in [0.2, 0.25) is 0 Å². The predicted molar refractivity (Wildman–Crippen MR) is 88.9 cm³/mol. The first-order valence-corrected chi connectivity index (χ1v) is 8.54. The number of benzene rings is 2. The van der Waals surface area contributed by atoms with E-state index in [1.165, 1.54) is 42.9 Å². The number of rotatable bonds is 0. The van der Waals surface area contributed by atoms with Gasteiger partial charge in [-0.1, -0.05) is 42.0 Å². The second kappa shape index (κ2) is 4.14. The van der Waals surface area contributed by atoms with Gasteiger partial charge in [0.1, 0.15) is 0 Å². The van der Waals surface area contributed by atoms with Crippen molar-refractivity contribution in [3.05, 3.63) is 58.6 Å². The Balaban J connectivity index is 1.79. The van der Waals surface area contributed by atoms with Crippen LogP contribution in [0, 0.1) is 11.8 Å². The van der Waals surface area contributed by atoms with Crippen molar-refractivity contribution in [2.75, 3.05) is 0 Å². The number of hydrogen-bond donors (Lipinski definition) is 0. The van der Waals surface area contributed by atoms with Gasteiger partial charge in [-0.15, -0.1) is 0 Å². The first-order chi connectivity index (χ1) is 10.3. The Hall–Kier alpha value is -1.27. The molecule has 106 valence electrons. The van der Waals surface area contributed by atoms with Crippen molar-refractivity contribution in [2.45, 2.75) is 37.5 Å². The van der Waals surface area contributed by atoms with Crippen LogP contribution in [-0.4, -0.2) is 0 Å². The van der Waals surface area contributed by atoms with Crippen molar-refractivity contribution < 1.29 is 0 Å². The molecule has 21 heavy (non-hydrogen) atoms. The third kappa shape index (κ3) is 1.57. The van der Waals surface area contributed by atoms with E-state index in [0.717, 1.165) is 16.9 Å². The number of aryl methyl sites for hydroxylation is 1. The molecule has 2 bridgehead atoms. The number of allylic oxidation sites excluding steroid dienone is 2. The van der Waals surface area contributed by atoms with Gasteiger partial charge < -0.3 is 0 Å². The Labute approximate surface area is 130 Å². The van der Waals surface area contributed by atoms with E-state index in [1.54, 1.807) is 11.1 Å². The largest absolute Gasteiger partial charge is 0.0851 e. The Morgan fingerprint density at radius 1 is 1.14 bits per heavy atom. The van der Waals surface area contributed by atoms with E-state index in [2.05, 4.69) is 36.4 Å². The molecule has 1 saturated carbocycles. The maximum Gasteiger partial charge on any atom is 0.0484 e.